The summed E-state index contributed by atoms with van der Waals surface area (Å²) in [6.45, 7) is 1.04. The second-order valence-electron chi connectivity index (χ2n) is 6.52. The number of nitrogens with one attached hydrogen (secondary N) is 2. The Bertz CT molecular complexity index is 1010. The second-order valence-corrected chi connectivity index (χ2v) is 8.46. The molecule has 31 heavy (non-hydrogen) atoms. The molecule has 0 spiro atoms. The molecule has 0 unspecified atom stereocenters. The Balaban J connectivity index is 1.56. The zero-order valence-electron chi connectivity index (χ0n) is 16.2. The molecule has 1 aliphatic rings. The molecule has 0 aliphatic carbocycles. The molecule has 0 atom stereocenters. The molecule has 2 aromatic rings. The number of hydrogen-bond acceptors (Lipinski definition) is 6. The van der Waals surface area contributed by atoms with E-state index in [0.717, 1.165) is 12.1 Å². The molecule has 1 fully saturated rings. The van der Waals surface area contributed by atoms with Crippen molar-refractivity contribution in [3.05, 3.63) is 48.5 Å². The van der Waals surface area contributed by atoms with E-state index in [1.54, 1.807) is 12.1 Å². The molecule has 0 radical (unpaired) electrons. The molecular formula is C19H20F3N3O5S. The van der Waals surface area contributed by atoms with Crippen LogP contribution in [0.4, 0.5) is 24.5 Å². The van der Waals surface area contributed by atoms with Crippen LogP contribution in [-0.2, 0) is 19.6 Å². The van der Waals surface area contributed by atoms with Crippen molar-refractivity contribution in [3.8, 4) is 5.75 Å². The summed E-state index contributed by atoms with van der Waals surface area (Å²) in [6, 6.07) is 10.8. The van der Waals surface area contributed by atoms with Crippen molar-refractivity contribution in [3.63, 3.8) is 0 Å². The fraction of sp³-hybridized carbons (Fsp3) is 0.316. The fourth-order valence-electron chi connectivity index (χ4n) is 2.83. The van der Waals surface area contributed by atoms with E-state index < -0.39 is 28.0 Å². The molecule has 3 rings (SSSR count). The predicted octanol–water partition coefficient (Wildman–Crippen LogP) is 2.66. The maximum atomic E-state index is 12.7. The zero-order chi connectivity index (χ0) is 22.5. The lowest BCUT2D eigenvalue weighted by molar-refractivity contribution is -0.274. The van der Waals surface area contributed by atoms with Gasteiger partial charge in [-0.15, -0.1) is 13.2 Å². The molecule has 0 bridgehead atoms. The maximum absolute atomic E-state index is 12.7. The fourth-order valence-corrected chi connectivity index (χ4v) is 4.28. The summed E-state index contributed by atoms with van der Waals surface area (Å²) in [5.74, 6) is -0.868. The van der Waals surface area contributed by atoms with Crippen molar-refractivity contribution < 1.29 is 35.9 Å². The van der Waals surface area contributed by atoms with E-state index in [1.165, 1.54) is 28.6 Å². The third kappa shape index (κ3) is 6.57. The third-order valence-corrected chi connectivity index (χ3v) is 6.16. The number of morpholine rings is 1. The van der Waals surface area contributed by atoms with Gasteiger partial charge < -0.3 is 20.1 Å². The highest BCUT2D eigenvalue weighted by Crippen LogP contribution is 2.24. The van der Waals surface area contributed by atoms with E-state index in [4.69, 9.17) is 4.74 Å². The zero-order valence-corrected chi connectivity index (χ0v) is 17.0. The average Bonchev–Trinajstić information content (AvgIpc) is 2.73. The van der Waals surface area contributed by atoms with Gasteiger partial charge in [0.05, 0.1) is 24.7 Å². The second kappa shape index (κ2) is 9.54. The number of ether oxygens (including phenoxy) is 2. The summed E-state index contributed by atoms with van der Waals surface area (Å²) in [5.41, 5.74) is 0.711. The van der Waals surface area contributed by atoms with Gasteiger partial charge in [0.15, 0.2) is 0 Å². The number of nitrogens with zero attached hydrogens (tertiary/aromatic N) is 1. The maximum Gasteiger partial charge on any atom is 0.573 e. The summed E-state index contributed by atoms with van der Waals surface area (Å²) >= 11 is 0. The smallest absolute Gasteiger partial charge is 0.406 e. The van der Waals surface area contributed by atoms with Crippen molar-refractivity contribution in [2.24, 2.45) is 0 Å². The van der Waals surface area contributed by atoms with E-state index in [1.807, 2.05) is 0 Å². The Morgan fingerprint density at radius 1 is 1.06 bits per heavy atom. The lowest BCUT2D eigenvalue weighted by Crippen LogP contribution is -2.40. The highest BCUT2D eigenvalue weighted by Gasteiger charge is 2.31. The van der Waals surface area contributed by atoms with Crippen LogP contribution in [0, 0.1) is 0 Å². The minimum absolute atomic E-state index is 0.0973. The van der Waals surface area contributed by atoms with E-state index in [0.29, 0.717) is 18.9 Å². The Hall–Kier alpha value is -2.83. The molecule has 2 N–H and O–H groups in total. The number of halogens is 3. The minimum Gasteiger partial charge on any atom is -0.406 e. The van der Waals surface area contributed by atoms with Gasteiger partial charge in [-0.2, -0.15) is 4.31 Å². The van der Waals surface area contributed by atoms with Gasteiger partial charge in [-0.05, 0) is 42.5 Å². The SMILES string of the molecule is O=C(CNc1cccc(S(=O)(=O)N2CCOCC2)c1)Nc1ccc(OC(F)(F)F)cc1. The third-order valence-electron chi connectivity index (χ3n) is 4.27. The predicted molar refractivity (Wildman–Crippen MR) is 106 cm³/mol. The van der Waals surface area contributed by atoms with Gasteiger partial charge in [0, 0.05) is 24.5 Å². The average molecular weight is 459 g/mol. The van der Waals surface area contributed by atoms with Crippen LogP contribution in [0.15, 0.2) is 53.4 Å². The number of carbonyl (C=O) groups is 1. The van der Waals surface area contributed by atoms with E-state index in [2.05, 4.69) is 15.4 Å². The molecule has 0 saturated carbocycles. The van der Waals surface area contributed by atoms with Gasteiger partial charge in [-0.25, -0.2) is 8.42 Å². The first-order valence-corrected chi connectivity index (χ1v) is 10.6. The number of sulfonamides is 1. The molecule has 1 heterocycles. The highest BCUT2D eigenvalue weighted by molar-refractivity contribution is 7.89. The van der Waals surface area contributed by atoms with Gasteiger partial charge in [0.25, 0.3) is 0 Å². The summed E-state index contributed by atoms with van der Waals surface area (Å²) in [6.07, 6.45) is -4.79. The number of amides is 1. The molecule has 168 valence electrons. The van der Waals surface area contributed by atoms with Gasteiger partial charge in [0.2, 0.25) is 15.9 Å². The lowest BCUT2D eigenvalue weighted by atomic mass is 10.3. The first-order chi connectivity index (χ1) is 14.6. The molecule has 1 saturated heterocycles. The standard InChI is InChI=1S/C19H20F3N3O5S/c20-19(21,22)30-16-6-4-14(5-7-16)24-18(26)13-23-15-2-1-3-17(12-15)31(27,28)25-8-10-29-11-9-25/h1-7,12,23H,8-11,13H2,(H,24,26). The Morgan fingerprint density at radius 2 is 1.74 bits per heavy atom. The molecule has 1 aliphatic heterocycles. The van der Waals surface area contributed by atoms with Gasteiger partial charge in [0.1, 0.15) is 5.75 Å². The molecule has 0 aromatic heterocycles. The quantitative estimate of drug-likeness (QED) is 0.661. The van der Waals surface area contributed by atoms with Crippen molar-refractivity contribution in [1.82, 2.24) is 4.31 Å². The Labute approximate surface area is 177 Å². The monoisotopic (exact) mass is 459 g/mol. The van der Waals surface area contributed by atoms with Gasteiger partial charge in [-0.3, -0.25) is 4.79 Å². The first kappa shape index (κ1) is 22.8. The van der Waals surface area contributed by atoms with Crippen molar-refractivity contribution in [2.45, 2.75) is 11.3 Å². The normalized spacial score (nSPS) is 15.3. The summed E-state index contributed by atoms with van der Waals surface area (Å²) in [5, 5.41) is 5.35. The summed E-state index contributed by atoms with van der Waals surface area (Å²) in [4.78, 5) is 12.2. The van der Waals surface area contributed by atoms with Gasteiger partial charge >= 0.3 is 6.36 Å². The topological polar surface area (TPSA) is 97.0 Å². The molecule has 12 heteroatoms. The number of rotatable bonds is 7. The number of anilines is 2. The minimum atomic E-state index is -4.79. The Morgan fingerprint density at radius 3 is 2.39 bits per heavy atom. The highest BCUT2D eigenvalue weighted by atomic mass is 32.2. The number of benzene rings is 2. The van der Waals surface area contributed by atoms with Crippen LogP contribution in [0.2, 0.25) is 0 Å². The first-order valence-electron chi connectivity index (χ1n) is 9.21. The summed E-state index contributed by atoms with van der Waals surface area (Å²) in [7, 11) is -3.67. The van der Waals surface area contributed by atoms with Crippen molar-refractivity contribution >= 4 is 27.3 Å². The number of carbonyl (C=O) groups excluding carboxylic acids is 1. The van der Waals surface area contributed by atoms with Crippen LogP contribution >= 0.6 is 0 Å². The van der Waals surface area contributed by atoms with Crippen LogP contribution in [0.1, 0.15) is 0 Å². The lowest BCUT2D eigenvalue weighted by Gasteiger charge is -2.26. The van der Waals surface area contributed by atoms with E-state index in [9.17, 15) is 26.4 Å². The molecule has 8 nitrogen and oxygen atoms in total. The Kier molecular flexibility index (Phi) is 7.03. The van der Waals surface area contributed by atoms with Crippen molar-refractivity contribution in [1.29, 1.82) is 0 Å². The molecule has 1 amide bonds. The van der Waals surface area contributed by atoms with Crippen LogP contribution in [0.5, 0.6) is 5.75 Å². The van der Waals surface area contributed by atoms with Crippen molar-refractivity contribution in [2.75, 3.05) is 43.5 Å². The van der Waals surface area contributed by atoms with E-state index in [-0.39, 0.29) is 30.2 Å². The van der Waals surface area contributed by atoms with E-state index >= 15 is 0 Å². The molecule has 2 aromatic carbocycles. The van der Waals surface area contributed by atoms with Crippen LogP contribution in [0.25, 0.3) is 0 Å². The largest absolute Gasteiger partial charge is 0.573 e. The van der Waals surface area contributed by atoms with Crippen LogP contribution < -0.4 is 15.4 Å². The summed E-state index contributed by atoms with van der Waals surface area (Å²) < 4.78 is 72.2. The van der Waals surface area contributed by atoms with Crippen LogP contribution in [0.3, 0.4) is 0 Å². The number of alkyl halides is 3. The van der Waals surface area contributed by atoms with Gasteiger partial charge in [-0.1, -0.05) is 6.07 Å². The number of hydrogen-bond donors (Lipinski definition) is 2. The van der Waals surface area contributed by atoms with Crippen LogP contribution in [-0.4, -0.2) is 57.8 Å². The molecular weight excluding hydrogens is 439 g/mol.